The van der Waals surface area contributed by atoms with Gasteiger partial charge in [0.25, 0.3) is 11.5 Å². The molecule has 1 fully saturated rings. The molecule has 1 aromatic heterocycles. The Morgan fingerprint density at radius 2 is 2.10 bits per heavy atom. The number of H-pyrrole nitrogens is 1. The molecule has 3 N–H and O–H groups in total. The second-order valence-corrected chi connectivity index (χ2v) is 5.15. The number of rotatable bonds is 3. The molecule has 0 saturated heterocycles. The first-order chi connectivity index (χ1) is 9.61. The minimum absolute atomic E-state index is 0.0919. The topological polar surface area (TPSA) is 93.0 Å². The Labute approximate surface area is 114 Å². The average molecular weight is 270 g/mol. The molecule has 0 bridgehead atoms. The number of primary amides is 1. The normalized spacial score (nSPS) is 15.0. The third-order valence-corrected chi connectivity index (χ3v) is 4.02. The van der Waals surface area contributed by atoms with E-state index < -0.39 is 11.5 Å². The van der Waals surface area contributed by atoms with E-state index in [0.717, 1.165) is 31.1 Å². The number of benzene rings is 1. The summed E-state index contributed by atoms with van der Waals surface area (Å²) in [4.78, 5) is 37.0. The molecule has 5 nitrogen and oxygen atoms in total. The number of aldehydes is 1. The zero-order valence-electron chi connectivity index (χ0n) is 10.8. The maximum absolute atomic E-state index is 11.8. The van der Waals surface area contributed by atoms with Crippen LogP contribution in [0.4, 0.5) is 0 Å². The lowest BCUT2D eigenvalue weighted by Gasteiger charge is -2.27. The van der Waals surface area contributed by atoms with Crippen molar-refractivity contribution in [3.8, 4) is 0 Å². The van der Waals surface area contributed by atoms with Crippen LogP contribution in [-0.4, -0.2) is 17.2 Å². The van der Waals surface area contributed by atoms with Crippen molar-refractivity contribution in [1.82, 2.24) is 4.98 Å². The van der Waals surface area contributed by atoms with Gasteiger partial charge in [-0.25, -0.2) is 0 Å². The molecule has 1 saturated carbocycles. The largest absolute Gasteiger partial charge is 0.365 e. The van der Waals surface area contributed by atoms with Crippen molar-refractivity contribution in [3.05, 3.63) is 45.2 Å². The molecule has 0 aliphatic heterocycles. The van der Waals surface area contributed by atoms with Gasteiger partial charge in [-0.3, -0.25) is 14.4 Å². The van der Waals surface area contributed by atoms with Gasteiger partial charge in [0.1, 0.15) is 5.56 Å². The number of fused-ring (bicyclic) bond motifs is 1. The fourth-order valence-corrected chi connectivity index (χ4v) is 2.70. The third-order valence-electron chi connectivity index (χ3n) is 4.02. The van der Waals surface area contributed by atoms with E-state index in [9.17, 15) is 14.4 Å². The van der Waals surface area contributed by atoms with E-state index in [-0.39, 0.29) is 5.56 Å². The molecular formula is C15H14N2O3. The number of amides is 1. The Morgan fingerprint density at radius 1 is 1.35 bits per heavy atom. The highest BCUT2D eigenvalue weighted by atomic mass is 16.2. The van der Waals surface area contributed by atoms with Crippen LogP contribution in [-0.2, 0) is 0 Å². The first-order valence-electron chi connectivity index (χ1n) is 6.56. The second-order valence-electron chi connectivity index (χ2n) is 5.15. The summed E-state index contributed by atoms with van der Waals surface area (Å²) in [5.41, 5.74) is 6.48. The molecule has 0 radical (unpaired) electrons. The zero-order chi connectivity index (χ0) is 14.3. The summed E-state index contributed by atoms with van der Waals surface area (Å²) < 4.78 is 0. The first kappa shape index (κ1) is 12.6. The smallest absolute Gasteiger partial charge is 0.261 e. The Morgan fingerprint density at radius 3 is 2.65 bits per heavy atom. The van der Waals surface area contributed by atoms with Crippen molar-refractivity contribution in [1.29, 1.82) is 0 Å². The summed E-state index contributed by atoms with van der Waals surface area (Å²) in [7, 11) is 0. The molecule has 20 heavy (non-hydrogen) atoms. The molecule has 0 unspecified atom stereocenters. The molecule has 0 spiro atoms. The highest BCUT2D eigenvalue weighted by molar-refractivity contribution is 6.01. The van der Waals surface area contributed by atoms with Crippen LogP contribution in [0.2, 0.25) is 0 Å². The molecule has 1 amide bonds. The van der Waals surface area contributed by atoms with Crippen LogP contribution in [0.25, 0.3) is 10.9 Å². The number of carbonyl (C=O) groups excluding carboxylic acids is 2. The lowest BCUT2D eigenvalue weighted by Crippen LogP contribution is -2.23. The number of nitrogens with two attached hydrogens (primary N) is 1. The summed E-state index contributed by atoms with van der Waals surface area (Å²) in [6.07, 6.45) is 4.07. The van der Waals surface area contributed by atoms with Gasteiger partial charge in [-0.15, -0.1) is 0 Å². The standard InChI is InChI=1S/C15H14N2O3/c16-14(19)11-6-9-4-5-10(8-2-1-3-8)12(7-18)13(9)17-15(11)20/h4-8H,1-3H2,(H2,16,19)(H,17,20). The average Bonchev–Trinajstić information content (AvgIpc) is 2.35. The number of hydrogen-bond donors (Lipinski definition) is 2. The van der Waals surface area contributed by atoms with Crippen LogP contribution < -0.4 is 11.3 Å². The quantitative estimate of drug-likeness (QED) is 0.831. The third kappa shape index (κ3) is 1.82. The Hall–Kier alpha value is -2.43. The number of nitrogens with one attached hydrogen (secondary N) is 1. The number of pyridine rings is 1. The SMILES string of the molecule is NC(=O)c1cc2ccc(C3CCC3)c(C=O)c2[nH]c1=O. The number of aromatic amines is 1. The molecule has 3 rings (SSSR count). The van der Waals surface area contributed by atoms with Crippen molar-refractivity contribution in [3.63, 3.8) is 0 Å². The zero-order valence-corrected chi connectivity index (χ0v) is 10.8. The van der Waals surface area contributed by atoms with Gasteiger partial charge in [-0.1, -0.05) is 18.6 Å². The van der Waals surface area contributed by atoms with Crippen LogP contribution >= 0.6 is 0 Å². The lowest BCUT2D eigenvalue weighted by molar-refractivity contribution is 0.0998. The van der Waals surface area contributed by atoms with Gasteiger partial charge in [0, 0.05) is 5.56 Å². The summed E-state index contributed by atoms with van der Waals surface area (Å²) in [5.74, 6) is -0.386. The number of carbonyl (C=O) groups is 2. The molecule has 102 valence electrons. The van der Waals surface area contributed by atoms with Gasteiger partial charge in [-0.05, 0) is 35.8 Å². The Balaban J connectivity index is 2.29. The number of hydrogen-bond acceptors (Lipinski definition) is 3. The second kappa shape index (κ2) is 4.59. The van der Waals surface area contributed by atoms with Crippen LogP contribution in [0.1, 0.15) is 51.5 Å². The Kier molecular flexibility index (Phi) is 2.89. The van der Waals surface area contributed by atoms with Gasteiger partial charge in [0.15, 0.2) is 6.29 Å². The summed E-state index contributed by atoms with van der Waals surface area (Å²) in [6, 6.07) is 5.16. The van der Waals surface area contributed by atoms with Crippen molar-refractivity contribution in [2.24, 2.45) is 5.73 Å². The van der Waals surface area contributed by atoms with E-state index in [2.05, 4.69) is 4.98 Å². The van der Waals surface area contributed by atoms with Crippen LogP contribution in [0.5, 0.6) is 0 Å². The van der Waals surface area contributed by atoms with Crippen LogP contribution in [0.15, 0.2) is 23.0 Å². The minimum atomic E-state index is -0.774. The number of aromatic nitrogens is 1. The van der Waals surface area contributed by atoms with E-state index in [0.29, 0.717) is 22.4 Å². The highest BCUT2D eigenvalue weighted by Crippen LogP contribution is 2.39. The molecule has 1 heterocycles. The summed E-state index contributed by atoms with van der Waals surface area (Å²) >= 11 is 0. The Bertz CT molecular complexity index is 773. The van der Waals surface area contributed by atoms with Gasteiger partial charge in [0.05, 0.1) is 5.52 Å². The fourth-order valence-electron chi connectivity index (χ4n) is 2.70. The van der Waals surface area contributed by atoms with Gasteiger partial charge < -0.3 is 10.7 Å². The van der Waals surface area contributed by atoms with Crippen molar-refractivity contribution in [2.75, 3.05) is 0 Å². The summed E-state index contributed by atoms with van der Waals surface area (Å²) in [6.45, 7) is 0. The fraction of sp³-hybridized carbons (Fsp3) is 0.267. The predicted molar refractivity (Wildman–Crippen MR) is 75.1 cm³/mol. The van der Waals surface area contributed by atoms with Crippen molar-refractivity contribution >= 4 is 23.1 Å². The summed E-state index contributed by atoms with van der Waals surface area (Å²) in [5, 5.41) is 0.642. The maximum atomic E-state index is 11.8. The van der Waals surface area contributed by atoms with Gasteiger partial charge in [0.2, 0.25) is 0 Å². The van der Waals surface area contributed by atoms with Gasteiger partial charge >= 0.3 is 0 Å². The molecule has 5 heteroatoms. The van der Waals surface area contributed by atoms with E-state index >= 15 is 0 Å². The molecule has 1 aliphatic rings. The van der Waals surface area contributed by atoms with Crippen LogP contribution in [0.3, 0.4) is 0 Å². The van der Waals surface area contributed by atoms with Crippen molar-refractivity contribution < 1.29 is 9.59 Å². The molecule has 2 aromatic rings. The highest BCUT2D eigenvalue weighted by Gasteiger charge is 2.23. The van der Waals surface area contributed by atoms with E-state index in [1.165, 1.54) is 6.07 Å². The molecule has 0 atom stereocenters. The van der Waals surface area contributed by atoms with Crippen LogP contribution in [0, 0.1) is 0 Å². The van der Waals surface area contributed by atoms with E-state index in [1.807, 2.05) is 12.1 Å². The monoisotopic (exact) mass is 270 g/mol. The van der Waals surface area contributed by atoms with E-state index in [4.69, 9.17) is 5.73 Å². The predicted octanol–water partition coefficient (Wildman–Crippen LogP) is 1.71. The molecule has 1 aliphatic carbocycles. The maximum Gasteiger partial charge on any atom is 0.261 e. The molecular weight excluding hydrogens is 256 g/mol. The first-order valence-corrected chi connectivity index (χ1v) is 6.56. The van der Waals surface area contributed by atoms with E-state index in [1.54, 1.807) is 0 Å². The van der Waals surface area contributed by atoms with Crippen molar-refractivity contribution in [2.45, 2.75) is 25.2 Å². The minimum Gasteiger partial charge on any atom is -0.365 e. The molecule has 1 aromatic carbocycles. The lowest BCUT2D eigenvalue weighted by atomic mass is 9.78. The van der Waals surface area contributed by atoms with Gasteiger partial charge in [-0.2, -0.15) is 0 Å².